The molecule has 1 aliphatic heterocycles. The number of amides is 1. The lowest BCUT2D eigenvalue weighted by Gasteiger charge is -2.35. The van der Waals surface area contributed by atoms with Gasteiger partial charge in [-0.3, -0.25) is 19.8 Å². The molecule has 1 fully saturated rings. The number of nitrogens with zero attached hydrogens (tertiary/aromatic N) is 3. The number of carbonyl (C=O) groups excluding carboxylic acids is 1. The average Bonchev–Trinajstić information content (AvgIpc) is 2.66. The normalized spacial score (nSPS) is 14.8. The summed E-state index contributed by atoms with van der Waals surface area (Å²) in [5.41, 5.74) is 2.89. The highest BCUT2D eigenvalue weighted by Crippen LogP contribution is 2.30. The number of nitro groups is 1. The van der Waals surface area contributed by atoms with Crippen LogP contribution in [0.25, 0.3) is 0 Å². The molecule has 0 aliphatic carbocycles. The first kappa shape index (κ1) is 20.1. The molecule has 148 valence electrons. The van der Waals surface area contributed by atoms with E-state index >= 15 is 0 Å². The summed E-state index contributed by atoms with van der Waals surface area (Å²) < 4.78 is 0. The predicted molar refractivity (Wildman–Crippen MR) is 111 cm³/mol. The van der Waals surface area contributed by atoms with Crippen molar-refractivity contribution in [3.8, 4) is 0 Å². The molecule has 0 spiro atoms. The molecule has 0 unspecified atom stereocenters. The third kappa shape index (κ3) is 4.61. The van der Waals surface area contributed by atoms with E-state index < -0.39 is 4.92 Å². The number of hydrogen-bond donors (Lipinski definition) is 1. The van der Waals surface area contributed by atoms with Gasteiger partial charge in [-0.2, -0.15) is 0 Å². The van der Waals surface area contributed by atoms with Gasteiger partial charge in [-0.05, 0) is 43.2 Å². The van der Waals surface area contributed by atoms with Crippen LogP contribution in [0.1, 0.15) is 11.1 Å². The van der Waals surface area contributed by atoms with Gasteiger partial charge in [-0.25, -0.2) is 0 Å². The minimum Gasteiger partial charge on any atom is -0.369 e. The number of hydrogen-bond acceptors (Lipinski definition) is 5. The number of piperazine rings is 1. The Morgan fingerprint density at radius 3 is 2.54 bits per heavy atom. The lowest BCUT2D eigenvalue weighted by Crippen LogP contribution is -2.48. The second-order valence-electron chi connectivity index (χ2n) is 6.95. The number of carbonyl (C=O) groups is 1. The summed E-state index contributed by atoms with van der Waals surface area (Å²) in [6.45, 7) is 6.89. The molecule has 1 N–H and O–H groups in total. The van der Waals surface area contributed by atoms with Crippen molar-refractivity contribution in [3.63, 3.8) is 0 Å². The van der Waals surface area contributed by atoms with Crippen LogP contribution in [0.3, 0.4) is 0 Å². The van der Waals surface area contributed by atoms with Crippen LogP contribution in [0, 0.1) is 24.0 Å². The summed E-state index contributed by atoms with van der Waals surface area (Å²) in [5, 5.41) is 14.7. The zero-order chi connectivity index (χ0) is 20.3. The van der Waals surface area contributed by atoms with E-state index in [1.807, 2.05) is 36.1 Å². The van der Waals surface area contributed by atoms with E-state index in [0.717, 1.165) is 37.4 Å². The van der Waals surface area contributed by atoms with Crippen molar-refractivity contribution in [2.75, 3.05) is 42.9 Å². The van der Waals surface area contributed by atoms with Crippen molar-refractivity contribution in [2.45, 2.75) is 13.8 Å². The van der Waals surface area contributed by atoms with E-state index in [-0.39, 0.29) is 23.8 Å². The zero-order valence-corrected chi connectivity index (χ0v) is 16.7. The number of nitrogens with one attached hydrogen (secondary N) is 1. The molecular formula is C20H23ClN4O3. The molecular weight excluding hydrogens is 380 g/mol. The predicted octanol–water partition coefficient (Wildman–Crippen LogP) is 3.63. The number of halogens is 1. The highest BCUT2D eigenvalue weighted by Gasteiger charge is 2.23. The minimum atomic E-state index is -0.466. The summed E-state index contributed by atoms with van der Waals surface area (Å²) in [5.74, 6) is -0.243. The van der Waals surface area contributed by atoms with Gasteiger partial charge < -0.3 is 10.2 Å². The molecule has 1 aliphatic rings. The van der Waals surface area contributed by atoms with Crippen LogP contribution in [0.5, 0.6) is 0 Å². The molecule has 2 aromatic rings. The molecule has 0 radical (unpaired) electrons. The molecule has 3 rings (SSSR count). The van der Waals surface area contributed by atoms with Crippen LogP contribution < -0.4 is 10.2 Å². The van der Waals surface area contributed by atoms with Gasteiger partial charge in [-0.15, -0.1) is 0 Å². The summed E-state index contributed by atoms with van der Waals surface area (Å²) in [7, 11) is 0. The topological polar surface area (TPSA) is 78.7 Å². The monoisotopic (exact) mass is 402 g/mol. The minimum absolute atomic E-state index is 0.0813. The molecule has 2 aromatic carbocycles. The number of anilines is 2. The quantitative estimate of drug-likeness (QED) is 0.610. The Labute approximate surface area is 169 Å². The molecule has 1 amide bonds. The molecule has 0 atom stereocenters. The smallest absolute Gasteiger partial charge is 0.293 e. The van der Waals surface area contributed by atoms with Gasteiger partial charge >= 0.3 is 0 Å². The van der Waals surface area contributed by atoms with E-state index in [1.54, 1.807) is 13.0 Å². The third-order valence-corrected chi connectivity index (χ3v) is 5.32. The maximum atomic E-state index is 12.5. The van der Waals surface area contributed by atoms with Crippen LogP contribution in [0.4, 0.5) is 17.1 Å². The van der Waals surface area contributed by atoms with Crippen LogP contribution in [-0.2, 0) is 4.79 Å². The third-order valence-electron chi connectivity index (χ3n) is 5.09. The first-order chi connectivity index (χ1) is 13.3. The number of nitro benzene ring substituents is 1. The van der Waals surface area contributed by atoms with Crippen molar-refractivity contribution in [3.05, 3.63) is 62.7 Å². The van der Waals surface area contributed by atoms with Gasteiger partial charge in [0.2, 0.25) is 5.91 Å². The standard InChI is InChI=1S/C20H23ClN4O3/c1-14-6-7-18(25(27)28)20(15(14)2)22-19(26)13-23-8-10-24(11-9-23)17-5-3-4-16(21)12-17/h3-7,12H,8-11,13H2,1-2H3,(H,22,26). The number of benzene rings is 2. The fourth-order valence-corrected chi connectivity index (χ4v) is 3.52. The van der Waals surface area contributed by atoms with Gasteiger partial charge in [0.15, 0.2) is 0 Å². The maximum absolute atomic E-state index is 12.5. The Bertz CT molecular complexity index is 895. The number of rotatable bonds is 5. The highest BCUT2D eigenvalue weighted by atomic mass is 35.5. The van der Waals surface area contributed by atoms with E-state index in [9.17, 15) is 14.9 Å². The molecule has 0 saturated carbocycles. The van der Waals surface area contributed by atoms with Gasteiger partial charge in [0.05, 0.1) is 11.5 Å². The van der Waals surface area contributed by atoms with Crippen molar-refractivity contribution in [1.29, 1.82) is 0 Å². The molecule has 1 heterocycles. The van der Waals surface area contributed by atoms with Crippen molar-refractivity contribution in [2.24, 2.45) is 0 Å². The van der Waals surface area contributed by atoms with E-state index in [1.165, 1.54) is 6.07 Å². The van der Waals surface area contributed by atoms with Crippen LogP contribution >= 0.6 is 11.6 Å². The Hall–Kier alpha value is -2.64. The Kier molecular flexibility index (Phi) is 6.16. The molecule has 0 bridgehead atoms. The maximum Gasteiger partial charge on any atom is 0.293 e. The average molecular weight is 403 g/mol. The summed E-state index contributed by atoms with van der Waals surface area (Å²) >= 11 is 6.06. The van der Waals surface area contributed by atoms with Crippen LogP contribution in [-0.4, -0.2) is 48.5 Å². The lowest BCUT2D eigenvalue weighted by molar-refractivity contribution is -0.384. The van der Waals surface area contributed by atoms with Gasteiger partial charge in [0.1, 0.15) is 5.69 Å². The Balaban J connectivity index is 1.60. The highest BCUT2D eigenvalue weighted by molar-refractivity contribution is 6.30. The first-order valence-corrected chi connectivity index (χ1v) is 9.50. The first-order valence-electron chi connectivity index (χ1n) is 9.12. The molecule has 8 heteroatoms. The Morgan fingerprint density at radius 2 is 1.89 bits per heavy atom. The second-order valence-corrected chi connectivity index (χ2v) is 7.39. The fourth-order valence-electron chi connectivity index (χ4n) is 3.33. The molecule has 7 nitrogen and oxygen atoms in total. The van der Waals surface area contributed by atoms with Crippen LogP contribution in [0.2, 0.25) is 5.02 Å². The lowest BCUT2D eigenvalue weighted by atomic mass is 10.1. The Morgan fingerprint density at radius 1 is 1.18 bits per heavy atom. The van der Waals surface area contributed by atoms with Gasteiger partial charge in [-0.1, -0.05) is 23.7 Å². The van der Waals surface area contributed by atoms with Crippen molar-refractivity contribution in [1.82, 2.24) is 4.90 Å². The molecule has 1 saturated heterocycles. The van der Waals surface area contributed by atoms with Crippen molar-refractivity contribution >= 4 is 34.6 Å². The van der Waals surface area contributed by atoms with Gasteiger partial charge in [0.25, 0.3) is 5.69 Å². The van der Waals surface area contributed by atoms with Crippen LogP contribution in [0.15, 0.2) is 36.4 Å². The molecule has 0 aromatic heterocycles. The zero-order valence-electron chi connectivity index (χ0n) is 15.9. The molecule has 28 heavy (non-hydrogen) atoms. The van der Waals surface area contributed by atoms with E-state index in [2.05, 4.69) is 10.2 Å². The van der Waals surface area contributed by atoms with E-state index in [0.29, 0.717) is 10.6 Å². The van der Waals surface area contributed by atoms with E-state index in [4.69, 9.17) is 11.6 Å². The summed E-state index contributed by atoms with van der Waals surface area (Å²) in [6.07, 6.45) is 0. The van der Waals surface area contributed by atoms with Gasteiger partial charge in [0, 0.05) is 43.0 Å². The largest absolute Gasteiger partial charge is 0.369 e. The summed E-state index contributed by atoms with van der Waals surface area (Å²) in [4.78, 5) is 27.6. The number of aryl methyl sites for hydroxylation is 1. The SMILES string of the molecule is Cc1ccc([N+](=O)[O-])c(NC(=O)CN2CCN(c3cccc(Cl)c3)CC2)c1C. The fraction of sp³-hybridized carbons (Fsp3) is 0.350. The summed E-state index contributed by atoms with van der Waals surface area (Å²) in [6, 6.07) is 10.9. The second kappa shape index (κ2) is 8.58. The van der Waals surface area contributed by atoms with Crippen molar-refractivity contribution < 1.29 is 9.72 Å².